The summed E-state index contributed by atoms with van der Waals surface area (Å²) in [5, 5.41) is 5.43. The number of alkyl carbamates (subject to hydrolysis) is 1. The second-order valence-corrected chi connectivity index (χ2v) is 4.84. The van der Waals surface area contributed by atoms with Crippen LogP contribution in [0.5, 0.6) is 0 Å². The first-order valence-electron chi connectivity index (χ1n) is 7.42. The molecule has 1 atom stereocenters. The van der Waals surface area contributed by atoms with Crippen molar-refractivity contribution in [3.63, 3.8) is 0 Å². The lowest BCUT2D eigenvalue weighted by Crippen LogP contribution is -2.49. The van der Waals surface area contributed by atoms with Crippen LogP contribution in [0.4, 0.5) is 4.79 Å². The number of esters is 1. The number of hydrogen-bond donors (Lipinski definition) is 2. The van der Waals surface area contributed by atoms with Crippen molar-refractivity contribution < 1.29 is 28.5 Å². The molecule has 0 unspecified atom stereocenters. The molecule has 134 valence electrons. The van der Waals surface area contributed by atoms with Gasteiger partial charge < -0.3 is 29.6 Å². The third kappa shape index (κ3) is 7.40. The van der Waals surface area contributed by atoms with Gasteiger partial charge in [0, 0.05) is 27.3 Å². The normalized spacial score (nSPS) is 11.8. The summed E-state index contributed by atoms with van der Waals surface area (Å²) in [5.41, 5.74) is 0.850. The molecule has 0 radical (unpaired) electrons. The van der Waals surface area contributed by atoms with E-state index in [0.717, 1.165) is 5.56 Å². The monoisotopic (exact) mass is 340 g/mol. The molecular weight excluding hydrogens is 316 g/mol. The van der Waals surface area contributed by atoms with E-state index < -0.39 is 24.4 Å². The molecule has 0 aliphatic carbocycles. The maximum atomic E-state index is 11.8. The number of hydrogen-bond acceptors (Lipinski definition) is 7. The quantitative estimate of drug-likeness (QED) is 0.477. The molecule has 8 heteroatoms. The number of carbonyl (C=O) groups excluding carboxylic acids is 2. The molecule has 0 spiro atoms. The Bertz CT molecular complexity index is 493. The van der Waals surface area contributed by atoms with Gasteiger partial charge in [-0.05, 0) is 5.56 Å². The number of carbonyl (C=O) groups is 2. The van der Waals surface area contributed by atoms with Crippen LogP contribution in [-0.4, -0.2) is 58.8 Å². The number of nitrogens with one attached hydrogen (secondary N) is 2. The second kappa shape index (κ2) is 11.4. The average Bonchev–Trinajstić information content (AvgIpc) is 2.62. The zero-order valence-corrected chi connectivity index (χ0v) is 14.1. The molecule has 0 aromatic heterocycles. The third-order valence-electron chi connectivity index (χ3n) is 3.18. The Morgan fingerprint density at radius 3 is 2.29 bits per heavy atom. The average molecular weight is 340 g/mol. The van der Waals surface area contributed by atoms with E-state index in [1.165, 1.54) is 21.3 Å². The van der Waals surface area contributed by atoms with Gasteiger partial charge in [-0.1, -0.05) is 30.3 Å². The molecule has 1 rings (SSSR count). The lowest BCUT2D eigenvalue weighted by molar-refractivity contribution is -0.143. The second-order valence-electron chi connectivity index (χ2n) is 4.84. The highest BCUT2D eigenvalue weighted by Crippen LogP contribution is 2.01. The lowest BCUT2D eigenvalue weighted by Gasteiger charge is -2.19. The van der Waals surface area contributed by atoms with Gasteiger partial charge in [-0.3, -0.25) is 0 Å². The van der Waals surface area contributed by atoms with Crippen molar-refractivity contribution >= 4 is 12.1 Å². The van der Waals surface area contributed by atoms with Crippen LogP contribution in [0.2, 0.25) is 0 Å². The van der Waals surface area contributed by atoms with E-state index in [-0.39, 0.29) is 13.2 Å². The van der Waals surface area contributed by atoms with E-state index in [2.05, 4.69) is 15.4 Å². The number of ether oxygens (including phenoxy) is 4. The Morgan fingerprint density at radius 2 is 1.71 bits per heavy atom. The third-order valence-corrected chi connectivity index (χ3v) is 3.18. The maximum Gasteiger partial charge on any atom is 0.408 e. The first kappa shape index (κ1) is 19.9. The lowest BCUT2D eigenvalue weighted by atomic mass is 10.2. The summed E-state index contributed by atoms with van der Waals surface area (Å²) in [5.74, 6) is -0.578. The van der Waals surface area contributed by atoms with Crippen molar-refractivity contribution in [2.75, 3.05) is 34.4 Å². The Balaban J connectivity index is 2.43. The summed E-state index contributed by atoms with van der Waals surface area (Å²) in [6.45, 7) is 0.612. The first-order chi connectivity index (χ1) is 11.6. The molecule has 0 saturated heterocycles. The van der Waals surface area contributed by atoms with Crippen molar-refractivity contribution in [1.82, 2.24) is 10.6 Å². The molecule has 1 aromatic carbocycles. The van der Waals surface area contributed by atoms with Gasteiger partial charge in [0.2, 0.25) is 0 Å². The summed E-state index contributed by atoms with van der Waals surface area (Å²) >= 11 is 0. The number of amides is 1. The van der Waals surface area contributed by atoms with Crippen LogP contribution in [-0.2, 0) is 30.3 Å². The zero-order valence-electron chi connectivity index (χ0n) is 14.1. The Labute approximate surface area is 141 Å². The number of benzene rings is 1. The highest BCUT2D eigenvalue weighted by Gasteiger charge is 2.22. The fraction of sp³-hybridized carbons (Fsp3) is 0.500. The molecule has 8 nitrogen and oxygen atoms in total. The van der Waals surface area contributed by atoms with Crippen molar-refractivity contribution in [2.45, 2.75) is 18.9 Å². The topological polar surface area (TPSA) is 95.1 Å². The van der Waals surface area contributed by atoms with Gasteiger partial charge in [-0.2, -0.15) is 0 Å². The van der Waals surface area contributed by atoms with Crippen molar-refractivity contribution in [2.24, 2.45) is 0 Å². The van der Waals surface area contributed by atoms with Crippen LogP contribution in [0.1, 0.15) is 5.56 Å². The highest BCUT2D eigenvalue weighted by atomic mass is 16.7. The minimum atomic E-state index is -0.882. The Morgan fingerprint density at radius 1 is 1.04 bits per heavy atom. The molecule has 0 fully saturated rings. The maximum absolute atomic E-state index is 11.8. The number of methoxy groups -OCH3 is 3. The van der Waals surface area contributed by atoms with Crippen LogP contribution in [0, 0.1) is 0 Å². The Hall–Kier alpha value is -2.16. The van der Waals surface area contributed by atoms with Crippen LogP contribution in [0.15, 0.2) is 30.3 Å². The molecule has 1 amide bonds. The van der Waals surface area contributed by atoms with Gasteiger partial charge in [-0.25, -0.2) is 9.59 Å². The molecule has 0 aliphatic heterocycles. The van der Waals surface area contributed by atoms with E-state index >= 15 is 0 Å². The standard InChI is InChI=1S/C16H24N2O6/c1-21-14(22-2)10-17-9-13(15(19)23-3)18-16(20)24-11-12-7-5-4-6-8-12/h4-8,13-14,17H,9-11H2,1-3H3,(H,18,20)/t13-/m0/s1. The summed E-state index contributed by atoms with van der Waals surface area (Å²) in [6.07, 6.45) is -1.15. The molecular formula is C16H24N2O6. The van der Waals surface area contributed by atoms with Gasteiger partial charge in [0.15, 0.2) is 6.29 Å². The molecule has 0 bridgehead atoms. The minimum absolute atomic E-state index is 0.115. The molecule has 0 heterocycles. The largest absolute Gasteiger partial charge is 0.467 e. The fourth-order valence-electron chi connectivity index (χ4n) is 1.85. The predicted octanol–water partition coefficient (Wildman–Crippen LogP) is 0.663. The van der Waals surface area contributed by atoms with E-state index in [4.69, 9.17) is 14.2 Å². The van der Waals surface area contributed by atoms with E-state index in [0.29, 0.717) is 6.54 Å². The van der Waals surface area contributed by atoms with E-state index in [1.807, 2.05) is 30.3 Å². The van der Waals surface area contributed by atoms with E-state index in [1.54, 1.807) is 0 Å². The van der Waals surface area contributed by atoms with Crippen molar-refractivity contribution in [3.8, 4) is 0 Å². The van der Waals surface area contributed by atoms with Crippen LogP contribution < -0.4 is 10.6 Å². The van der Waals surface area contributed by atoms with Crippen LogP contribution in [0.25, 0.3) is 0 Å². The van der Waals surface area contributed by atoms with Gasteiger partial charge in [-0.15, -0.1) is 0 Å². The Kier molecular flexibility index (Phi) is 9.44. The highest BCUT2D eigenvalue weighted by molar-refractivity contribution is 5.81. The summed E-state index contributed by atoms with van der Waals surface area (Å²) in [6, 6.07) is 8.35. The smallest absolute Gasteiger partial charge is 0.408 e. The van der Waals surface area contributed by atoms with Crippen LogP contribution >= 0.6 is 0 Å². The zero-order chi connectivity index (χ0) is 17.8. The fourth-order valence-corrected chi connectivity index (χ4v) is 1.85. The first-order valence-corrected chi connectivity index (χ1v) is 7.42. The van der Waals surface area contributed by atoms with Gasteiger partial charge >= 0.3 is 12.1 Å². The molecule has 2 N–H and O–H groups in total. The molecule has 24 heavy (non-hydrogen) atoms. The van der Waals surface area contributed by atoms with Gasteiger partial charge in [0.05, 0.1) is 7.11 Å². The summed E-state index contributed by atoms with van der Waals surface area (Å²) < 4.78 is 19.8. The summed E-state index contributed by atoms with van der Waals surface area (Å²) in [7, 11) is 4.26. The molecule has 0 aliphatic rings. The van der Waals surface area contributed by atoms with Gasteiger partial charge in [0.25, 0.3) is 0 Å². The van der Waals surface area contributed by atoms with Gasteiger partial charge in [0.1, 0.15) is 12.6 Å². The molecule has 0 saturated carbocycles. The SMILES string of the molecule is COC(=O)[C@H](CNCC(OC)OC)NC(=O)OCc1ccccc1. The van der Waals surface area contributed by atoms with Crippen molar-refractivity contribution in [1.29, 1.82) is 0 Å². The van der Waals surface area contributed by atoms with E-state index in [9.17, 15) is 9.59 Å². The van der Waals surface area contributed by atoms with Crippen LogP contribution in [0.3, 0.4) is 0 Å². The summed E-state index contributed by atoms with van der Waals surface area (Å²) in [4.78, 5) is 23.6. The predicted molar refractivity (Wildman–Crippen MR) is 86.2 cm³/mol. The number of rotatable bonds is 10. The molecule has 1 aromatic rings. The van der Waals surface area contributed by atoms with Crippen molar-refractivity contribution in [3.05, 3.63) is 35.9 Å². The minimum Gasteiger partial charge on any atom is -0.467 e.